The molecule has 3 aliphatic rings. The van der Waals surface area contributed by atoms with Crippen molar-refractivity contribution in [3.05, 3.63) is 18.1 Å². The lowest BCUT2D eigenvalue weighted by molar-refractivity contribution is -0.141. The molecule has 2 saturated heterocycles. The molecule has 10 heteroatoms. The third kappa shape index (κ3) is 3.08. The van der Waals surface area contributed by atoms with Crippen molar-refractivity contribution in [2.75, 3.05) is 24.5 Å². The van der Waals surface area contributed by atoms with Gasteiger partial charge in [0.1, 0.15) is 24.4 Å². The van der Waals surface area contributed by atoms with Crippen molar-refractivity contribution in [3.8, 4) is 0 Å². The van der Waals surface area contributed by atoms with Crippen LogP contribution in [-0.2, 0) is 11.0 Å². The molecule has 3 amide bonds. The molecule has 1 aromatic rings. The molecule has 0 radical (unpaired) electrons. The van der Waals surface area contributed by atoms with Gasteiger partial charge in [-0.2, -0.15) is 13.2 Å². The standard InChI is InChI=1S/C16H18F3N5O2/c17-16(18,19)12-7-13(21-9-20-12)22-5-3-10(4-6-22)23-8-14(25)24(15(23)26)11-1-2-11/h7,9-11H,1-6,8H2. The summed E-state index contributed by atoms with van der Waals surface area (Å²) in [6.07, 6.45) is -0.672. The fourth-order valence-corrected chi connectivity index (χ4v) is 3.59. The van der Waals surface area contributed by atoms with Gasteiger partial charge < -0.3 is 9.80 Å². The van der Waals surface area contributed by atoms with Gasteiger partial charge >= 0.3 is 12.2 Å². The number of carbonyl (C=O) groups is 2. The monoisotopic (exact) mass is 369 g/mol. The second-order valence-corrected chi connectivity index (χ2v) is 6.88. The third-order valence-corrected chi connectivity index (χ3v) is 5.11. The highest BCUT2D eigenvalue weighted by molar-refractivity contribution is 6.02. The molecule has 3 heterocycles. The molecule has 0 unspecified atom stereocenters. The van der Waals surface area contributed by atoms with E-state index in [0.717, 1.165) is 25.2 Å². The van der Waals surface area contributed by atoms with Crippen LogP contribution in [0, 0.1) is 0 Å². The maximum Gasteiger partial charge on any atom is 0.433 e. The van der Waals surface area contributed by atoms with E-state index in [0.29, 0.717) is 25.9 Å². The van der Waals surface area contributed by atoms with Crippen LogP contribution < -0.4 is 4.90 Å². The van der Waals surface area contributed by atoms with Crippen LogP contribution in [0.25, 0.3) is 0 Å². The predicted molar refractivity (Wildman–Crippen MR) is 84.2 cm³/mol. The Labute approximate surface area is 147 Å². The summed E-state index contributed by atoms with van der Waals surface area (Å²) in [6.45, 7) is 1.05. The molecule has 4 rings (SSSR count). The topological polar surface area (TPSA) is 69.6 Å². The first kappa shape index (κ1) is 17.0. The normalized spacial score (nSPS) is 22.5. The number of imide groups is 1. The van der Waals surface area contributed by atoms with E-state index in [4.69, 9.17) is 0 Å². The first-order valence-corrected chi connectivity index (χ1v) is 8.61. The van der Waals surface area contributed by atoms with E-state index >= 15 is 0 Å². The predicted octanol–water partition coefficient (Wildman–Crippen LogP) is 1.89. The molecule has 1 aromatic heterocycles. The van der Waals surface area contributed by atoms with Crippen LogP contribution >= 0.6 is 0 Å². The van der Waals surface area contributed by atoms with Crippen molar-refractivity contribution in [2.45, 2.75) is 43.9 Å². The molecule has 0 atom stereocenters. The van der Waals surface area contributed by atoms with Gasteiger partial charge in [0.05, 0.1) is 0 Å². The second kappa shape index (κ2) is 6.10. The molecular weight excluding hydrogens is 351 g/mol. The van der Waals surface area contributed by atoms with Crippen molar-refractivity contribution >= 4 is 17.8 Å². The SMILES string of the molecule is O=C1CN(C2CCN(c3cc(C(F)(F)F)ncn3)CC2)C(=O)N1C1CC1. The second-order valence-electron chi connectivity index (χ2n) is 6.88. The highest BCUT2D eigenvalue weighted by Gasteiger charge is 2.47. The van der Waals surface area contributed by atoms with Gasteiger partial charge in [-0.3, -0.25) is 9.69 Å². The smallest absolute Gasteiger partial charge is 0.356 e. The number of rotatable bonds is 3. The number of halogens is 3. The number of aromatic nitrogens is 2. The van der Waals surface area contributed by atoms with Gasteiger partial charge in [-0.25, -0.2) is 14.8 Å². The van der Waals surface area contributed by atoms with Crippen molar-refractivity contribution in [2.24, 2.45) is 0 Å². The number of anilines is 1. The van der Waals surface area contributed by atoms with E-state index in [9.17, 15) is 22.8 Å². The zero-order valence-corrected chi connectivity index (χ0v) is 13.9. The Bertz CT molecular complexity index is 729. The molecule has 140 valence electrons. The van der Waals surface area contributed by atoms with Crippen molar-refractivity contribution in [1.82, 2.24) is 19.8 Å². The number of alkyl halides is 3. The van der Waals surface area contributed by atoms with Gasteiger partial charge in [-0.15, -0.1) is 0 Å². The molecule has 7 nitrogen and oxygen atoms in total. The lowest BCUT2D eigenvalue weighted by atomic mass is 10.0. The van der Waals surface area contributed by atoms with Gasteiger partial charge in [-0.1, -0.05) is 0 Å². The van der Waals surface area contributed by atoms with Crippen molar-refractivity contribution in [3.63, 3.8) is 0 Å². The van der Waals surface area contributed by atoms with Gasteiger partial charge in [0, 0.05) is 31.2 Å². The average molecular weight is 369 g/mol. The van der Waals surface area contributed by atoms with Crippen LogP contribution in [0.15, 0.2) is 12.4 Å². The highest BCUT2D eigenvalue weighted by Crippen LogP contribution is 2.33. The van der Waals surface area contributed by atoms with Crippen molar-refractivity contribution < 1.29 is 22.8 Å². The van der Waals surface area contributed by atoms with Crippen LogP contribution in [0.1, 0.15) is 31.4 Å². The van der Waals surface area contributed by atoms with Crippen molar-refractivity contribution in [1.29, 1.82) is 0 Å². The first-order valence-electron chi connectivity index (χ1n) is 8.61. The van der Waals surface area contributed by atoms with E-state index < -0.39 is 11.9 Å². The summed E-state index contributed by atoms with van der Waals surface area (Å²) in [6, 6.07) is 0.703. The summed E-state index contributed by atoms with van der Waals surface area (Å²) < 4.78 is 38.4. The summed E-state index contributed by atoms with van der Waals surface area (Å²) in [5.74, 6) is 0.0831. The molecule has 3 fully saturated rings. The number of urea groups is 1. The van der Waals surface area contributed by atoms with E-state index in [-0.39, 0.29) is 36.4 Å². The Balaban J connectivity index is 1.40. The zero-order valence-electron chi connectivity index (χ0n) is 13.9. The summed E-state index contributed by atoms with van der Waals surface area (Å²) in [5.41, 5.74) is -0.968. The Kier molecular flexibility index (Phi) is 4.00. The fourth-order valence-electron chi connectivity index (χ4n) is 3.59. The molecule has 26 heavy (non-hydrogen) atoms. The van der Waals surface area contributed by atoms with E-state index in [1.54, 1.807) is 9.80 Å². The molecule has 0 bridgehead atoms. The summed E-state index contributed by atoms with van der Waals surface area (Å²) in [5, 5.41) is 0. The van der Waals surface area contributed by atoms with E-state index in [1.807, 2.05) is 0 Å². The minimum atomic E-state index is -4.51. The lowest BCUT2D eigenvalue weighted by Gasteiger charge is -2.36. The van der Waals surface area contributed by atoms with E-state index in [2.05, 4.69) is 9.97 Å². The minimum absolute atomic E-state index is 0.0573. The summed E-state index contributed by atoms with van der Waals surface area (Å²) >= 11 is 0. The fraction of sp³-hybridized carbons (Fsp3) is 0.625. The Morgan fingerprint density at radius 2 is 1.69 bits per heavy atom. The molecule has 0 N–H and O–H groups in total. The Morgan fingerprint density at radius 3 is 2.31 bits per heavy atom. The van der Waals surface area contributed by atoms with Crippen LogP contribution in [0.2, 0.25) is 0 Å². The zero-order chi connectivity index (χ0) is 18.5. The van der Waals surface area contributed by atoms with Crippen LogP contribution in [0.4, 0.5) is 23.8 Å². The van der Waals surface area contributed by atoms with Crippen LogP contribution in [-0.4, -0.2) is 63.4 Å². The Morgan fingerprint density at radius 1 is 1.00 bits per heavy atom. The summed E-state index contributed by atoms with van der Waals surface area (Å²) in [7, 11) is 0. The van der Waals surface area contributed by atoms with Gasteiger partial charge in [-0.05, 0) is 25.7 Å². The molecule has 1 aliphatic carbocycles. The minimum Gasteiger partial charge on any atom is -0.356 e. The molecule has 0 aromatic carbocycles. The number of hydrogen-bond donors (Lipinski definition) is 0. The largest absolute Gasteiger partial charge is 0.433 e. The van der Waals surface area contributed by atoms with E-state index in [1.165, 1.54) is 4.90 Å². The van der Waals surface area contributed by atoms with Gasteiger partial charge in [0.2, 0.25) is 0 Å². The average Bonchev–Trinajstić information content (AvgIpc) is 3.40. The molecule has 2 aliphatic heterocycles. The third-order valence-electron chi connectivity index (χ3n) is 5.11. The number of amides is 3. The number of piperidine rings is 1. The van der Waals surface area contributed by atoms with Crippen LogP contribution in [0.3, 0.4) is 0 Å². The number of hydrogen-bond acceptors (Lipinski definition) is 5. The lowest BCUT2D eigenvalue weighted by Crippen LogP contribution is -2.47. The number of nitrogens with zero attached hydrogens (tertiary/aromatic N) is 5. The maximum absolute atomic E-state index is 12.8. The van der Waals surface area contributed by atoms with Gasteiger partial charge in [0.25, 0.3) is 5.91 Å². The molecule has 1 saturated carbocycles. The molecule has 0 spiro atoms. The van der Waals surface area contributed by atoms with Crippen LogP contribution in [0.5, 0.6) is 0 Å². The Hall–Kier alpha value is -2.39. The highest BCUT2D eigenvalue weighted by atomic mass is 19.4. The first-order chi connectivity index (χ1) is 12.3. The maximum atomic E-state index is 12.8. The summed E-state index contributed by atoms with van der Waals surface area (Å²) in [4.78, 5) is 36.5. The van der Waals surface area contributed by atoms with Gasteiger partial charge in [0.15, 0.2) is 0 Å². The quantitative estimate of drug-likeness (QED) is 0.761. The number of carbonyl (C=O) groups excluding carboxylic acids is 2. The molecular formula is C16H18F3N5O2.